The maximum absolute atomic E-state index is 13.4. The monoisotopic (exact) mass is 556 g/mol. The first kappa shape index (κ1) is 29.5. The van der Waals surface area contributed by atoms with Gasteiger partial charge >= 0.3 is 6.18 Å². The summed E-state index contributed by atoms with van der Waals surface area (Å²) in [4.78, 5) is 19.5. The zero-order valence-electron chi connectivity index (χ0n) is 20.4. The summed E-state index contributed by atoms with van der Waals surface area (Å²) in [7, 11) is 0. The van der Waals surface area contributed by atoms with Crippen molar-refractivity contribution >= 4 is 40.6 Å². The molecule has 1 N–H and O–H groups in total. The number of alkyl halides is 3. The summed E-state index contributed by atoms with van der Waals surface area (Å²) in [5, 5.41) is 3.97. The molecule has 2 fully saturated rings. The molecule has 0 aliphatic carbocycles. The third-order valence-electron chi connectivity index (χ3n) is 6.93. The Labute approximate surface area is 227 Å². The number of piperazine rings is 1. The van der Waals surface area contributed by atoms with Gasteiger partial charge in [-0.3, -0.25) is 9.69 Å². The lowest BCUT2D eigenvalue weighted by molar-refractivity contribution is -0.139. The van der Waals surface area contributed by atoms with E-state index in [1.165, 1.54) is 17.8 Å². The molecule has 0 unspecified atom stereocenters. The molecule has 1 amide bonds. The predicted octanol–water partition coefficient (Wildman–Crippen LogP) is 6.33. The Bertz CT molecular complexity index is 1020. The average Bonchev–Trinajstić information content (AvgIpc) is 2.88. The number of hydrogen-bond donors (Lipinski definition) is 1. The topological polar surface area (TPSA) is 38.8 Å². The Morgan fingerprint density at radius 1 is 1.03 bits per heavy atom. The SMILES string of the molecule is C.CSc1ccc(NC2CCN(C(=O)CCN3CCN(c4ccc(Cl)cc4)CC3)CC2)cc1C(F)(F)F. The lowest BCUT2D eigenvalue weighted by atomic mass is 10.0. The summed E-state index contributed by atoms with van der Waals surface area (Å²) in [5.74, 6) is 0.150. The molecule has 2 aromatic carbocycles. The number of rotatable bonds is 7. The highest BCUT2D eigenvalue weighted by Crippen LogP contribution is 2.37. The fourth-order valence-electron chi connectivity index (χ4n) is 4.82. The number of likely N-dealkylation sites (tertiary alicyclic amines) is 1. The number of carbonyl (C=O) groups is 1. The second kappa shape index (κ2) is 13.1. The Morgan fingerprint density at radius 2 is 1.68 bits per heavy atom. The summed E-state index contributed by atoms with van der Waals surface area (Å²) in [6, 6.07) is 12.3. The third kappa shape index (κ3) is 7.94. The van der Waals surface area contributed by atoms with Gasteiger partial charge in [0.15, 0.2) is 0 Å². The van der Waals surface area contributed by atoms with E-state index in [0.717, 1.165) is 62.3 Å². The number of carbonyl (C=O) groups excluding carboxylic acids is 1. The van der Waals surface area contributed by atoms with Crippen molar-refractivity contribution in [1.82, 2.24) is 9.80 Å². The van der Waals surface area contributed by atoms with Gasteiger partial charge in [-0.2, -0.15) is 13.2 Å². The molecule has 0 spiro atoms. The van der Waals surface area contributed by atoms with Crippen molar-refractivity contribution in [3.8, 4) is 0 Å². The molecule has 4 rings (SSSR count). The number of nitrogens with one attached hydrogen (secondary N) is 1. The van der Waals surface area contributed by atoms with Crippen LogP contribution in [0.25, 0.3) is 0 Å². The number of nitrogens with zero attached hydrogens (tertiary/aromatic N) is 3. The average molecular weight is 557 g/mol. The van der Waals surface area contributed by atoms with E-state index >= 15 is 0 Å². The Morgan fingerprint density at radius 3 is 2.27 bits per heavy atom. The van der Waals surface area contributed by atoms with E-state index in [9.17, 15) is 18.0 Å². The van der Waals surface area contributed by atoms with Crippen LogP contribution in [0, 0.1) is 0 Å². The zero-order valence-corrected chi connectivity index (χ0v) is 21.9. The fraction of sp³-hybridized carbons (Fsp3) is 0.519. The van der Waals surface area contributed by atoms with E-state index in [2.05, 4.69) is 15.1 Å². The van der Waals surface area contributed by atoms with Crippen molar-refractivity contribution < 1.29 is 18.0 Å². The van der Waals surface area contributed by atoms with E-state index in [4.69, 9.17) is 11.6 Å². The second-order valence-electron chi connectivity index (χ2n) is 9.27. The van der Waals surface area contributed by atoms with Crippen LogP contribution in [0.5, 0.6) is 0 Å². The molecule has 2 aliphatic rings. The number of amides is 1. The Hall–Kier alpha value is -2.10. The first-order chi connectivity index (χ1) is 17.2. The highest BCUT2D eigenvalue weighted by molar-refractivity contribution is 7.98. The number of halogens is 4. The summed E-state index contributed by atoms with van der Waals surface area (Å²) >= 11 is 7.07. The standard InChI is InChI=1S/C26H32ClF3N4OS.CH4/c1-36-24-7-4-21(18-23(24)26(28,29)30)31-20-8-12-34(13-9-20)25(35)10-11-32-14-16-33(17-15-32)22-5-2-19(27)3-6-22;/h2-7,18,20,31H,8-17H2,1H3;1H4. The molecule has 0 radical (unpaired) electrons. The molecule has 2 heterocycles. The van der Waals surface area contributed by atoms with Crippen LogP contribution in [-0.4, -0.2) is 73.8 Å². The quantitative estimate of drug-likeness (QED) is 0.403. The molecule has 5 nitrogen and oxygen atoms in total. The first-order valence-corrected chi connectivity index (χ1v) is 13.9. The molecule has 2 aromatic rings. The number of piperidine rings is 1. The van der Waals surface area contributed by atoms with Gasteiger partial charge in [0.1, 0.15) is 0 Å². The number of hydrogen-bond acceptors (Lipinski definition) is 5. The van der Waals surface area contributed by atoms with Crippen LogP contribution in [0.3, 0.4) is 0 Å². The molecule has 2 aliphatic heterocycles. The number of anilines is 2. The van der Waals surface area contributed by atoms with Gasteiger partial charge in [0.05, 0.1) is 5.56 Å². The van der Waals surface area contributed by atoms with Crippen molar-refractivity contribution in [3.63, 3.8) is 0 Å². The molecule has 0 atom stereocenters. The third-order valence-corrected chi connectivity index (χ3v) is 7.98. The molecule has 37 heavy (non-hydrogen) atoms. The van der Waals surface area contributed by atoms with Crippen molar-refractivity contribution in [3.05, 3.63) is 53.1 Å². The lowest BCUT2D eigenvalue weighted by Gasteiger charge is -2.37. The van der Waals surface area contributed by atoms with Gasteiger partial charge in [0.2, 0.25) is 5.91 Å². The summed E-state index contributed by atoms with van der Waals surface area (Å²) in [6.45, 7) is 5.65. The summed E-state index contributed by atoms with van der Waals surface area (Å²) in [5.41, 5.74) is 1.03. The van der Waals surface area contributed by atoms with Gasteiger partial charge in [-0.15, -0.1) is 11.8 Å². The van der Waals surface area contributed by atoms with Gasteiger partial charge in [0.25, 0.3) is 0 Å². The van der Waals surface area contributed by atoms with Crippen LogP contribution >= 0.6 is 23.4 Å². The van der Waals surface area contributed by atoms with Crippen molar-refractivity contribution in [1.29, 1.82) is 0 Å². The molecule has 204 valence electrons. The van der Waals surface area contributed by atoms with Gasteiger partial charge < -0.3 is 15.1 Å². The molecular formula is C27H36ClF3N4OS. The molecule has 0 bridgehead atoms. The van der Waals surface area contributed by atoms with Crippen molar-refractivity contribution in [2.75, 3.05) is 62.3 Å². The van der Waals surface area contributed by atoms with Crippen molar-refractivity contribution in [2.24, 2.45) is 0 Å². The molecule has 0 aromatic heterocycles. The molecule has 10 heteroatoms. The van der Waals surface area contributed by atoms with Crippen molar-refractivity contribution in [2.45, 2.75) is 43.8 Å². The minimum atomic E-state index is -4.38. The minimum absolute atomic E-state index is 0. The number of thioether (sulfide) groups is 1. The highest BCUT2D eigenvalue weighted by Gasteiger charge is 2.34. The normalized spacial score (nSPS) is 17.4. The molecular weight excluding hydrogens is 521 g/mol. The maximum Gasteiger partial charge on any atom is 0.417 e. The smallest absolute Gasteiger partial charge is 0.382 e. The summed E-state index contributed by atoms with van der Waals surface area (Å²) < 4.78 is 40.1. The van der Waals surface area contributed by atoms with Crippen LogP contribution in [0.1, 0.15) is 32.3 Å². The van der Waals surface area contributed by atoms with Gasteiger partial charge in [-0.1, -0.05) is 19.0 Å². The zero-order chi connectivity index (χ0) is 25.7. The van der Waals surface area contributed by atoms with E-state index in [1.807, 2.05) is 29.2 Å². The van der Waals surface area contributed by atoms with E-state index in [-0.39, 0.29) is 24.3 Å². The van der Waals surface area contributed by atoms with Gasteiger partial charge in [0, 0.05) is 79.6 Å². The predicted molar refractivity (Wildman–Crippen MR) is 148 cm³/mol. The van der Waals surface area contributed by atoms with Crippen LogP contribution in [0.15, 0.2) is 47.4 Å². The molecule has 2 saturated heterocycles. The van der Waals surface area contributed by atoms with Crippen LogP contribution < -0.4 is 10.2 Å². The van der Waals surface area contributed by atoms with Gasteiger partial charge in [-0.05, 0) is 61.6 Å². The first-order valence-electron chi connectivity index (χ1n) is 12.3. The fourth-order valence-corrected chi connectivity index (χ4v) is 5.55. The largest absolute Gasteiger partial charge is 0.417 e. The Kier molecular flexibility index (Phi) is 10.4. The minimum Gasteiger partial charge on any atom is -0.382 e. The Balaban J connectivity index is 0.00000380. The summed E-state index contributed by atoms with van der Waals surface area (Å²) in [6.07, 6.45) is -0.807. The lowest BCUT2D eigenvalue weighted by Crippen LogP contribution is -2.48. The van der Waals surface area contributed by atoms with Crippen LogP contribution in [0.4, 0.5) is 24.5 Å². The van der Waals surface area contributed by atoms with E-state index < -0.39 is 11.7 Å². The maximum atomic E-state index is 13.4. The second-order valence-corrected chi connectivity index (χ2v) is 10.6. The van der Waals surface area contributed by atoms with E-state index in [0.29, 0.717) is 25.2 Å². The van der Waals surface area contributed by atoms with Crippen LogP contribution in [0.2, 0.25) is 5.02 Å². The van der Waals surface area contributed by atoms with E-state index in [1.54, 1.807) is 12.3 Å². The molecule has 0 saturated carbocycles. The van der Waals surface area contributed by atoms with Gasteiger partial charge in [-0.25, -0.2) is 0 Å². The number of benzene rings is 2. The van der Waals surface area contributed by atoms with Crippen LogP contribution in [-0.2, 0) is 11.0 Å². The highest BCUT2D eigenvalue weighted by atomic mass is 35.5.